The molecule has 2 aromatic carbocycles. The molecule has 150 valence electrons. The van der Waals surface area contributed by atoms with Crippen molar-refractivity contribution in [3.05, 3.63) is 36.4 Å². The molecule has 0 radical (unpaired) electrons. The molecule has 0 aliphatic rings. The molecule has 3 nitrogen and oxygen atoms in total. The van der Waals surface area contributed by atoms with Crippen LogP contribution in [0.5, 0.6) is 0 Å². The third-order valence-corrected chi connectivity index (χ3v) is 5.15. The molecular weight excluding hydrogens is 377 g/mol. The van der Waals surface area contributed by atoms with Gasteiger partial charge >= 0.3 is 0 Å². The Morgan fingerprint density at radius 1 is 0.667 bits per heavy atom. The zero-order chi connectivity index (χ0) is 17.6. The van der Waals surface area contributed by atoms with Crippen molar-refractivity contribution in [2.75, 3.05) is 11.5 Å². The molecule has 27 heavy (non-hydrogen) atoms. The van der Waals surface area contributed by atoms with Gasteiger partial charge in [-0.1, -0.05) is 64.0 Å². The minimum Gasteiger partial charge on any atom is -0.399 e. The summed E-state index contributed by atoms with van der Waals surface area (Å²) in [6.45, 7) is 3.30. The smallest absolute Gasteiger partial charge is 0.0512 e. The van der Waals surface area contributed by atoms with Gasteiger partial charge in [-0.3, -0.25) is 0 Å². The SMILES string of the molecule is CCCCCCCCCCn1c2cc(N)ccc2c2ccc(N)cc21.Cl.Cl. The number of benzene rings is 2. The molecule has 0 bridgehead atoms. The molecule has 0 unspecified atom stereocenters. The lowest BCUT2D eigenvalue weighted by Crippen LogP contribution is -1.99. The lowest BCUT2D eigenvalue weighted by Gasteiger charge is -2.08. The zero-order valence-electron chi connectivity index (χ0n) is 16.2. The fourth-order valence-corrected chi connectivity index (χ4v) is 3.77. The maximum Gasteiger partial charge on any atom is 0.0512 e. The average molecular weight is 410 g/mol. The Morgan fingerprint density at radius 2 is 1.11 bits per heavy atom. The molecule has 1 heterocycles. The van der Waals surface area contributed by atoms with Crippen LogP contribution in [0, 0.1) is 0 Å². The summed E-state index contributed by atoms with van der Waals surface area (Å²) in [5.41, 5.74) is 16.2. The Bertz CT molecular complexity index is 783. The van der Waals surface area contributed by atoms with Crippen LogP contribution in [0.4, 0.5) is 11.4 Å². The molecule has 0 amide bonds. The van der Waals surface area contributed by atoms with E-state index in [0.29, 0.717) is 0 Å². The van der Waals surface area contributed by atoms with Crippen molar-refractivity contribution in [1.82, 2.24) is 4.57 Å². The van der Waals surface area contributed by atoms with Crippen LogP contribution in [-0.2, 0) is 6.54 Å². The molecule has 0 aliphatic heterocycles. The van der Waals surface area contributed by atoms with Crippen molar-refractivity contribution < 1.29 is 0 Å². The van der Waals surface area contributed by atoms with Gasteiger partial charge in [-0.05, 0) is 30.7 Å². The number of hydrogen-bond acceptors (Lipinski definition) is 2. The van der Waals surface area contributed by atoms with Gasteiger partial charge in [0.2, 0.25) is 0 Å². The van der Waals surface area contributed by atoms with Crippen LogP contribution in [0.25, 0.3) is 21.8 Å². The van der Waals surface area contributed by atoms with Crippen LogP contribution in [0.2, 0.25) is 0 Å². The Labute approximate surface area is 175 Å². The second-order valence-electron chi connectivity index (χ2n) is 7.18. The van der Waals surface area contributed by atoms with E-state index in [1.807, 2.05) is 12.1 Å². The van der Waals surface area contributed by atoms with Crippen LogP contribution in [0.1, 0.15) is 58.3 Å². The van der Waals surface area contributed by atoms with Gasteiger partial charge in [0.15, 0.2) is 0 Å². The highest BCUT2D eigenvalue weighted by atomic mass is 35.5. The normalized spacial score (nSPS) is 10.7. The molecule has 4 N–H and O–H groups in total. The van der Waals surface area contributed by atoms with E-state index in [-0.39, 0.29) is 24.8 Å². The van der Waals surface area contributed by atoms with E-state index in [1.165, 1.54) is 73.2 Å². The quantitative estimate of drug-likeness (QED) is 0.296. The summed E-state index contributed by atoms with van der Waals surface area (Å²) in [6, 6.07) is 12.4. The minimum atomic E-state index is 0. The third-order valence-electron chi connectivity index (χ3n) is 5.15. The summed E-state index contributed by atoms with van der Waals surface area (Å²) < 4.78 is 2.40. The molecule has 0 fully saturated rings. The monoisotopic (exact) mass is 409 g/mol. The number of aryl methyl sites for hydroxylation is 1. The number of nitrogens with two attached hydrogens (primary N) is 2. The first-order valence-electron chi connectivity index (χ1n) is 9.77. The van der Waals surface area contributed by atoms with Crippen molar-refractivity contribution in [3.63, 3.8) is 0 Å². The molecule has 0 atom stereocenters. The van der Waals surface area contributed by atoms with Crippen LogP contribution >= 0.6 is 24.8 Å². The van der Waals surface area contributed by atoms with Crippen molar-refractivity contribution >= 4 is 58.0 Å². The van der Waals surface area contributed by atoms with Gasteiger partial charge in [-0.2, -0.15) is 0 Å². The van der Waals surface area contributed by atoms with Crippen LogP contribution in [-0.4, -0.2) is 4.57 Å². The summed E-state index contributed by atoms with van der Waals surface area (Å²) in [5.74, 6) is 0. The van der Waals surface area contributed by atoms with E-state index in [9.17, 15) is 0 Å². The van der Waals surface area contributed by atoms with Crippen molar-refractivity contribution in [2.45, 2.75) is 64.8 Å². The lowest BCUT2D eigenvalue weighted by molar-refractivity contribution is 0.553. The molecule has 0 saturated carbocycles. The average Bonchev–Trinajstić information content (AvgIpc) is 2.89. The summed E-state index contributed by atoms with van der Waals surface area (Å²) in [6.07, 6.45) is 10.7. The van der Waals surface area contributed by atoms with Gasteiger partial charge in [0.25, 0.3) is 0 Å². The van der Waals surface area contributed by atoms with Gasteiger partial charge < -0.3 is 16.0 Å². The topological polar surface area (TPSA) is 57.0 Å². The van der Waals surface area contributed by atoms with Crippen LogP contribution in [0.15, 0.2) is 36.4 Å². The van der Waals surface area contributed by atoms with Gasteiger partial charge in [0.1, 0.15) is 0 Å². The summed E-state index contributed by atoms with van der Waals surface area (Å²) in [5, 5.41) is 2.53. The Hall–Kier alpha value is -1.58. The Balaban J connectivity index is 0.00000182. The number of nitrogen functional groups attached to an aromatic ring is 2. The maximum absolute atomic E-state index is 6.04. The second-order valence-corrected chi connectivity index (χ2v) is 7.18. The first kappa shape index (κ1) is 23.5. The van der Waals surface area contributed by atoms with E-state index in [4.69, 9.17) is 11.5 Å². The fraction of sp³-hybridized carbons (Fsp3) is 0.455. The molecule has 1 aromatic heterocycles. The van der Waals surface area contributed by atoms with Crippen molar-refractivity contribution in [2.24, 2.45) is 0 Å². The first-order chi connectivity index (χ1) is 12.2. The molecular formula is C22H33Cl2N3. The number of unbranched alkanes of at least 4 members (excludes halogenated alkanes) is 7. The summed E-state index contributed by atoms with van der Waals surface area (Å²) in [7, 11) is 0. The van der Waals surface area contributed by atoms with Gasteiger partial charge in [0.05, 0.1) is 11.0 Å². The highest BCUT2D eigenvalue weighted by Gasteiger charge is 2.11. The van der Waals surface area contributed by atoms with Gasteiger partial charge in [-0.25, -0.2) is 0 Å². The molecule has 5 heteroatoms. The lowest BCUT2D eigenvalue weighted by atomic mass is 10.1. The predicted molar refractivity (Wildman–Crippen MR) is 125 cm³/mol. The van der Waals surface area contributed by atoms with E-state index in [2.05, 4.69) is 35.8 Å². The van der Waals surface area contributed by atoms with Gasteiger partial charge in [0, 0.05) is 28.7 Å². The van der Waals surface area contributed by atoms with Crippen LogP contribution < -0.4 is 11.5 Å². The van der Waals surface area contributed by atoms with Crippen molar-refractivity contribution in [3.8, 4) is 0 Å². The molecule has 3 rings (SSSR count). The number of hydrogen-bond donors (Lipinski definition) is 2. The van der Waals surface area contributed by atoms with Gasteiger partial charge in [-0.15, -0.1) is 24.8 Å². The standard InChI is InChI=1S/C22H31N3.2ClH/c1-2-3-4-5-6-7-8-9-14-25-21-15-17(23)10-12-19(21)20-13-11-18(24)16-22(20)25;;/h10-13,15-16H,2-9,14,23-24H2,1H3;2*1H. The van der Waals surface area contributed by atoms with Crippen LogP contribution in [0.3, 0.4) is 0 Å². The Morgan fingerprint density at radius 3 is 1.59 bits per heavy atom. The van der Waals surface area contributed by atoms with Crippen molar-refractivity contribution in [1.29, 1.82) is 0 Å². The number of nitrogens with zero attached hydrogens (tertiary/aromatic N) is 1. The predicted octanol–water partition coefficient (Wildman–Crippen LogP) is 6.94. The summed E-state index contributed by atoms with van der Waals surface area (Å²) >= 11 is 0. The number of halogens is 2. The number of fused-ring (bicyclic) bond motifs is 3. The molecule has 0 aliphatic carbocycles. The number of rotatable bonds is 9. The van der Waals surface area contributed by atoms with E-state index < -0.39 is 0 Å². The molecule has 0 spiro atoms. The Kier molecular flexibility index (Phi) is 9.82. The largest absolute Gasteiger partial charge is 0.399 e. The maximum atomic E-state index is 6.04. The number of anilines is 2. The number of aromatic nitrogens is 1. The highest BCUT2D eigenvalue weighted by molar-refractivity contribution is 6.09. The van der Waals surface area contributed by atoms with E-state index in [1.54, 1.807) is 0 Å². The van der Waals surface area contributed by atoms with E-state index in [0.717, 1.165) is 17.9 Å². The zero-order valence-corrected chi connectivity index (χ0v) is 17.9. The highest BCUT2D eigenvalue weighted by Crippen LogP contribution is 2.32. The first-order valence-corrected chi connectivity index (χ1v) is 9.77. The summed E-state index contributed by atoms with van der Waals surface area (Å²) in [4.78, 5) is 0. The third kappa shape index (κ3) is 5.70. The fourth-order valence-electron chi connectivity index (χ4n) is 3.77. The van der Waals surface area contributed by atoms with E-state index >= 15 is 0 Å². The minimum absolute atomic E-state index is 0. The molecule has 3 aromatic rings. The molecule has 0 saturated heterocycles. The second kappa shape index (κ2) is 11.3.